The van der Waals surface area contributed by atoms with Gasteiger partial charge in [0.2, 0.25) is 5.91 Å². The minimum absolute atomic E-state index is 0.0610. The van der Waals surface area contributed by atoms with Crippen LogP contribution in [-0.2, 0) is 25.8 Å². The molecule has 0 fully saturated rings. The lowest BCUT2D eigenvalue weighted by atomic mass is 10.1. The van der Waals surface area contributed by atoms with Gasteiger partial charge >= 0.3 is 5.97 Å². The van der Waals surface area contributed by atoms with Gasteiger partial charge in [-0.25, -0.2) is 8.42 Å². The largest absolute Gasteiger partial charge is 0.481 e. The fourth-order valence-corrected chi connectivity index (χ4v) is 1.98. The Morgan fingerprint density at radius 3 is 2.45 bits per heavy atom. The molecule has 1 aromatic rings. The van der Waals surface area contributed by atoms with Gasteiger partial charge in [0.05, 0.1) is 0 Å². The molecule has 0 bridgehead atoms. The summed E-state index contributed by atoms with van der Waals surface area (Å²) in [5.74, 6) is -1.56. The fourth-order valence-electron chi connectivity index (χ4n) is 1.53. The zero-order valence-electron chi connectivity index (χ0n) is 11.3. The van der Waals surface area contributed by atoms with Crippen LogP contribution in [0.25, 0.3) is 0 Å². The molecule has 0 spiro atoms. The average molecular weight is 299 g/mol. The van der Waals surface area contributed by atoms with Gasteiger partial charge in [-0.05, 0) is 25.0 Å². The van der Waals surface area contributed by atoms with Crippen molar-refractivity contribution in [2.45, 2.75) is 25.0 Å². The predicted molar refractivity (Wildman–Crippen MR) is 75.3 cm³/mol. The van der Waals surface area contributed by atoms with Crippen LogP contribution in [0.3, 0.4) is 0 Å². The number of carbonyl (C=O) groups excluding carboxylic acids is 1. The van der Waals surface area contributed by atoms with Gasteiger partial charge in [-0.15, -0.1) is 0 Å². The van der Waals surface area contributed by atoms with Crippen LogP contribution in [0, 0.1) is 0 Å². The summed E-state index contributed by atoms with van der Waals surface area (Å²) in [5, 5.41) is 10.0. The molecule has 110 valence electrons. The highest BCUT2D eigenvalue weighted by molar-refractivity contribution is 7.92. The fraction of sp³-hybridized carbons (Fsp3) is 0.385. The van der Waals surface area contributed by atoms with Crippen LogP contribution < -0.4 is 5.32 Å². The van der Waals surface area contributed by atoms with Gasteiger partial charge in [0, 0.05) is 18.4 Å². The highest BCUT2D eigenvalue weighted by Gasteiger charge is 2.24. The third-order valence-corrected chi connectivity index (χ3v) is 4.39. The molecule has 0 radical (unpaired) electrons. The summed E-state index contributed by atoms with van der Waals surface area (Å²) in [4.78, 5) is 22.4. The number of carboxylic acid groups (broad SMARTS) is 1. The molecule has 1 amide bonds. The standard InChI is InChI=1S/C13H17NO5S/c1-9(20(2,18)19)13(17)14-11-6-4-3-5-10(11)7-8-12(15)16/h3-6,9H,7-8H2,1-2H3,(H,14,17)(H,15,16). The third kappa shape index (κ3) is 4.65. The number of aliphatic carboxylic acids is 1. The lowest BCUT2D eigenvalue weighted by Crippen LogP contribution is -2.32. The molecule has 0 heterocycles. The summed E-state index contributed by atoms with van der Waals surface area (Å²) in [7, 11) is -3.47. The molecule has 0 aliphatic carbocycles. The maximum Gasteiger partial charge on any atom is 0.303 e. The SMILES string of the molecule is CC(C(=O)Nc1ccccc1CCC(=O)O)S(C)(=O)=O. The number of anilines is 1. The first-order chi connectivity index (χ1) is 9.21. The highest BCUT2D eigenvalue weighted by Crippen LogP contribution is 2.17. The third-order valence-electron chi connectivity index (χ3n) is 2.89. The molecule has 2 N–H and O–H groups in total. The molecule has 0 aliphatic rings. The number of aryl methyl sites for hydroxylation is 1. The average Bonchev–Trinajstić information content (AvgIpc) is 2.35. The second kappa shape index (κ2) is 6.51. The summed E-state index contributed by atoms with van der Waals surface area (Å²) in [6.45, 7) is 1.31. The van der Waals surface area contributed by atoms with Crippen LogP contribution in [0.1, 0.15) is 18.9 Å². The normalized spacial score (nSPS) is 12.7. The number of carbonyl (C=O) groups is 2. The van der Waals surface area contributed by atoms with E-state index in [-0.39, 0.29) is 12.8 Å². The van der Waals surface area contributed by atoms with E-state index in [2.05, 4.69) is 5.32 Å². The summed E-state index contributed by atoms with van der Waals surface area (Å²) in [6, 6.07) is 6.73. The van der Waals surface area contributed by atoms with E-state index in [4.69, 9.17) is 5.11 Å². The maximum absolute atomic E-state index is 11.8. The quantitative estimate of drug-likeness (QED) is 0.818. The van der Waals surface area contributed by atoms with Crippen LogP contribution in [0.15, 0.2) is 24.3 Å². The Bertz CT molecular complexity index is 609. The molecule has 6 nitrogen and oxygen atoms in total. The first-order valence-corrected chi connectivity index (χ1v) is 7.96. The molecule has 1 aromatic carbocycles. The monoisotopic (exact) mass is 299 g/mol. The minimum atomic E-state index is -3.47. The molecule has 20 heavy (non-hydrogen) atoms. The van der Waals surface area contributed by atoms with Crippen LogP contribution in [-0.4, -0.2) is 36.9 Å². The van der Waals surface area contributed by atoms with E-state index < -0.39 is 27.0 Å². The Balaban J connectivity index is 2.87. The lowest BCUT2D eigenvalue weighted by Gasteiger charge is -2.13. The lowest BCUT2D eigenvalue weighted by molar-refractivity contribution is -0.136. The van der Waals surface area contributed by atoms with Crippen molar-refractivity contribution < 1.29 is 23.1 Å². The van der Waals surface area contributed by atoms with Gasteiger partial charge in [0.15, 0.2) is 9.84 Å². The van der Waals surface area contributed by atoms with E-state index in [9.17, 15) is 18.0 Å². The zero-order valence-corrected chi connectivity index (χ0v) is 12.1. The van der Waals surface area contributed by atoms with Crippen molar-refractivity contribution >= 4 is 27.4 Å². The first-order valence-electron chi connectivity index (χ1n) is 6.01. The van der Waals surface area contributed by atoms with Crippen molar-refractivity contribution in [1.82, 2.24) is 0 Å². The molecule has 7 heteroatoms. The second-order valence-electron chi connectivity index (χ2n) is 4.51. The van der Waals surface area contributed by atoms with E-state index in [0.29, 0.717) is 11.3 Å². The van der Waals surface area contributed by atoms with Crippen LogP contribution in [0.5, 0.6) is 0 Å². The van der Waals surface area contributed by atoms with Gasteiger partial charge in [-0.3, -0.25) is 9.59 Å². The van der Waals surface area contributed by atoms with Gasteiger partial charge in [0.1, 0.15) is 5.25 Å². The number of carboxylic acids is 1. The van der Waals surface area contributed by atoms with Crippen LogP contribution >= 0.6 is 0 Å². The van der Waals surface area contributed by atoms with E-state index in [1.165, 1.54) is 6.92 Å². The van der Waals surface area contributed by atoms with Crippen LogP contribution in [0.4, 0.5) is 5.69 Å². The van der Waals surface area contributed by atoms with Crippen molar-refractivity contribution in [1.29, 1.82) is 0 Å². The molecule has 1 rings (SSSR count). The Kier molecular flexibility index (Phi) is 5.26. The van der Waals surface area contributed by atoms with Crippen molar-refractivity contribution in [2.24, 2.45) is 0 Å². The molecule has 0 aliphatic heterocycles. The Hall–Kier alpha value is -1.89. The Labute approximate surface area is 117 Å². The molecule has 0 saturated heterocycles. The number of hydrogen-bond acceptors (Lipinski definition) is 4. The topological polar surface area (TPSA) is 101 Å². The van der Waals surface area contributed by atoms with Crippen molar-refractivity contribution in [2.75, 3.05) is 11.6 Å². The van der Waals surface area contributed by atoms with E-state index in [1.807, 2.05) is 0 Å². The highest BCUT2D eigenvalue weighted by atomic mass is 32.2. The van der Waals surface area contributed by atoms with Crippen molar-refractivity contribution in [3.63, 3.8) is 0 Å². The first kappa shape index (κ1) is 16.2. The van der Waals surface area contributed by atoms with Gasteiger partial charge < -0.3 is 10.4 Å². The second-order valence-corrected chi connectivity index (χ2v) is 6.88. The van der Waals surface area contributed by atoms with E-state index in [1.54, 1.807) is 24.3 Å². The number of hydrogen-bond donors (Lipinski definition) is 2. The number of rotatable bonds is 6. The molecular weight excluding hydrogens is 282 g/mol. The molecule has 0 aromatic heterocycles. The number of sulfone groups is 1. The number of benzene rings is 1. The van der Waals surface area contributed by atoms with E-state index in [0.717, 1.165) is 6.26 Å². The number of para-hydroxylation sites is 1. The molecule has 1 atom stereocenters. The summed E-state index contributed by atoms with van der Waals surface area (Å²) < 4.78 is 22.6. The van der Waals surface area contributed by atoms with E-state index >= 15 is 0 Å². The number of amides is 1. The van der Waals surface area contributed by atoms with Gasteiger partial charge in [-0.1, -0.05) is 18.2 Å². The molecule has 0 saturated carbocycles. The summed E-state index contributed by atoms with van der Waals surface area (Å²) in [6.07, 6.45) is 1.20. The molecule has 1 unspecified atom stereocenters. The number of nitrogens with one attached hydrogen (secondary N) is 1. The van der Waals surface area contributed by atoms with Crippen molar-refractivity contribution in [3.8, 4) is 0 Å². The Morgan fingerprint density at radius 1 is 1.30 bits per heavy atom. The molecular formula is C13H17NO5S. The summed E-state index contributed by atoms with van der Waals surface area (Å²) >= 11 is 0. The zero-order chi connectivity index (χ0) is 15.3. The smallest absolute Gasteiger partial charge is 0.303 e. The van der Waals surface area contributed by atoms with Gasteiger partial charge in [-0.2, -0.15) is 0 Å². The van der Waals surface area contributed by atoms with Gasteiger partial charge in [0.25, 0.3) is 0 Å². The predicted octanol–water partition coefficient (Wildman–Crippen LogP) is 1.08. The van der Waals surface area contributed by atoms with Crippen molar-refractivity contribution in [3.05, 3.63) is 29.8 Å². The Morgan fingerprint density at radius 2 is 1.90 bits per heavy atom. The minimum Gasteiger partial charge on any atom is -0.481 e. The van der Waals surface area contributed by atoms with Crippen LogP contribution in [0.2, 0.25) is 0 Å². The maximum atomic E-state index is 11.8. The summed E-state index contributed by atoms with van der Waals surface area (Å²) in [5.41, 5.74) is 1.10.